The number of carbonyl (C=O) groups is 2. The van der Waals surface area contributed by atoms with Gasteiger partial charge in [-0.15, -0.1) is 6.42 Å². The predicted octanol–water partition coefficient (Wildman–Crippen LogP) is 1.87. The Kier molecular flexibility index (Phi) is 5.06. The number of hydrogen-bond donors (Lipinski definition) is 0. The van der Waals surface area contributed by atoms with Gasteiger partial charge in [-0.05, 0) is 30.7 Å². The van der Waals surface area contributed by atoms with E-state index >= 15 is 0 Å². The van der Waals surface area contributed by atoms with Crippen molar-refractivity contribution in [2.24, 2.45) is 0 Å². The number of benzene rings is 1. The monoisotopic (exact) mass is 248 g/mol. The topological polar surface area (TPSA) is 43.4 Å². The zero-order valence-corrected chi connectivity index (χ0v) is 10.0. The fourth-order valence-corrected chi connectivity index (χ4v) is 1.44. The molecule has 0 aliphatic carbocycles. The van der Waals surface area contributed by atoms with Gasteiger partial charge < -0.3 is 4.74 Å². The Morgan fingerprint density at radius 1 is 1.44 bits per heavy atom. The summed E-state index contributed by atoms with van der Waals surface area (Å²) in [5.41, 5.74) is 1.17. The minimum absolute atomic E-state index is 0.0737. The molecule has 0 N–H and O–H groups in total. The normalized spacial score (nSPS) is 9.61. The minimum Gasteiger partial charge on any atom is -0.465 e. The molecule has 0 amide bonds. The molecule has 0 aliphatic rings. The summed E-state index contributed by atoms with van der Waals surface area (Å²) in [7, 11) is 0. The van der Waals surface area contributed by atoms with Gasteiger partial charge in [0, 0.05) is 12.0 Å². The Morgan fingerprint density at radius 3 is 2.78 bits per heavy atom. The Hall–Kier alpha value is -2.15. The third kappa shape index (κ3) is 4.38. The van der Waals surface area contributed by atoms with E-state index in [0.717, 1.165) is 0 Å². The van der Waals surface area contributed by atoms with Gasteiger partial charge in [-0.2, -0.15) is 0 Å². The number of carbonyl (C=O) groups excluding carboxylic acids is 2. The molecular weight excluding hydrogens is 235 g/mol. The number of ether oxygens (including phenoxy) is 1. The van der Waals surface area contributed by atoms with Crippen LogP contribution in [0.1, 0.15) is 24.5 Å². The zero-order valence-electron chi connectivity index (χ0n) is 10.0. The lowest BCUT2D eigenvalue weighted by atomic mass is 10.1. The fourth-order valence-electron chi connectivity index (χ4n) is 1.44. The average Bonchev–Trinajstić information content (AvgIpc) is 2.28. The number of halogens is 1. The molecule has 94 valence electrons. The van der Waals surface area contributed by atoms with Crippen molar-refractivity contribution in [2.75, 3.05) is 6.61 Å². The summed E-state index contributed by atoms with van der Waals surface area (Å²) >= 11 is 0. The van der Waals surface area contributed by atoms with Crippen LogP contribution in [-0.4, -0.2) is 18.4 Å². The number of esters is 1. The maximum atomic E-state index is 13.0. The summed E-state index contributed by atoms with van der Waals surface area (Å²) in [5.74, 6) is 1.21. The van der Waals surface area contributed by atoms with Gasteiger partial charge >= 0.3 is 5.97 Å². The van der Waals surface area contributed by atoms with E-state index in [-0.39, 0.29) is 24.6 Å². The maximum absolute atomic E-state index is 13.0. The molecule has 0 fully saturated rings. The molecule has 0 radical (unpaired) electrons. The van der Waals surface area contributed by atoms with Gasteiger partial charge in [-0.1, -0.05) is 5.92 Å². The van der Waals surface area contributed by atoms with Crippen LogP contribution in [0.5, 0.6) is 0 Å². The molecule has 4 heteroatoms. The molecule has 0 unspecified atom stereocenters. The summed E-state index contributed by atoms with van der Waals surface area (Å²) < 4.78 is 17.9. The minimum atomic E-state index is -0.582. The highest BCUT2D eigenvalue weighted by molar-refractivity contribution is 5.94. The second kappa shape index (κ2) is 6.55. The molecule has 0 bridgehead atoms. The number of rotatable bonds is 5. The summed E-state index contributed by atoms with van der Waals surface area (Å²) in [6.45, 7) is 1.38. The predicted molar refractivity (Wildman–Crippen MR) is 64.3 cm³/mol. The first-order chi connectivity index (χ1) is 8.52. The molecule has 3 nitrogen and oxygen atoms in total. The van der Waals surface area contributed by atoms with Crippen molar-refractivity contribution >= 4 is 11.8 Å². The summed E-state index contributed by atoms with van der Waals surface area (Å²) in [5, 5.41) is 0. The van der Waals surface area contributed by atoms with Gasteiger partial charge in [0.15, 0.2) is 0 Å². The Labute approximate surface area is 105 Å². The lowest BCUT2D eigenvalue weighted by Crippen LogP contribution is -2.11. The van der Waals surface area contributed by atoms with E-state index in [1.54, 1.807) is 0 Å². The van der Waals surface area contributed by atoms with Crippen molar-refractivity contribution in [2.45, 2.75) is 19.8 Å². The van der Waals surface area contributed by atoms with Crippen molar-refractivity contribution in [1.82, 2.24) is 0 Å². The first-order valence-electron chi connectivity index (χ1n) is 5.43. The Morgan fingerprint density at radius 2 is 2.17 bits per heavy atom. The van der Waals surface area contributed by atoms with Crippen LogP contribution in [-0.2, 0) is 20.7 Å². The smallest absolute Gasteiger partial charge is 0.313 e. The zero-order chi connectivity index (χ0) is 13.5. The molecule has 0 spiro atoms. The van der Waals surface area contributed by atoms with Crippen molar-refractivity contribution in [1.29, 1.82) is 0 Å². The molecule has 0 aliphatic heterocycles. The van der Waals surface area contributed by atoms with Crippen molar-refractivity contribution < 1.29 is 18.7 Å². The molecular formula is C14H13FO3. The van der Waals surface area contributed by atoms with Crippen molar-refractivity contribution in [3.05, 3.63) is 35.1 Å². The highest BCUT2D eigenvalue weighted by Gasteiger charge is 2.07. The number of ketones is 1. The van der Waals surface area contributed by atoms with Gasteiger partial charge in [0.05, 0.1) is 6.61 Å². The maximum Gasteiger partial charge on any atom is 0.313 e. The third-order valence-electron chi connectivity index (χ3n) is 2.25. The molecule has 0 atom stereocenters. The quantitative estimate of drug-likeness (QED) is 0.454. The SMILES string of the molecule is C#Cc1ccc(F)cc1CCOC(=O)CC(C)=O. The van der Waals surface area contributed by atoms with E-state index in [9.17, 15) is 14.0 Å². The summed E-state index contributed by atoms with van der Waals surface area (Å²) in [4.78, 5) is 21.8. The van der Waals surface area contributed by atoms with Gasteiger partial charge in [-0.25, -0.2) is 4.39 Å². The van der Waals surface area contributed by atoms with Crippen molar-refractivity contribution in [3.8, 4) is 12.3 Å². The molecule has 0 saturated heterocycles. The summed E-state index contributed by atoms with van der Waals surface area (Å²) in [6, 6.07) is 4.09. The van der Waals surface area contributed by atoms with Crippen LogP contribution < -0.4 is 0 Å². The van der Waals surface area contributed by atoms with Gasteiger partial charge in [0.25, 0.3) is 0 Å². The van der Waals surface area contributed by atoms with E-state index in [4.69, 9.17) is 11.2 Å². The number of terminal acetylenes is 1. The van der Waals surface area contributed by atoms with Crippen LogP contribution in [0.15, 0.2) is 18.2 Å². The number of hydrogen-bond acceptors (Lipinski definition) is 3. The molecule has 0 aromatic heterocycles. The van der Waals surface area contributed by atoms with Gasteiger partial charge in [0.1, 0.15) is 18.0 Å². The van der Waals surface area contributed by atoms with Gasteiger partial charge in [0.2, 0.25) is 0 Å². The van der Waals surface area contributed by atoms with Gasteiger partial charge in [-0.3, -0.25) is 9.59 Å². The van der Waals surface area contributed by atoms with Crippen LogP contribution in [0.3, 0.4) is 0 Å². The van der Waals surface area contributed by atoms with E-state index < -0.39 is 5.97 Å². The highest BCUT2D eigenvalue weighted by Crippen LogP contribution is 2.11. The van der Waals surface area contributed by atoms with Crippen LogP contribution in [0.2, 0.25) is 0 Å². The van der Waals surface area contributed by atoms with Crippen LogP contribution in [0.4, 0.5) is 4.39 Å². The van der Waals surface area contributed by atoms with Crippen LogP contribution >= 0.6 is 0 Å². The summed E-state index contributed by atoms with van der Waals surface area (Å²) in [6.07, 6.45) is 5.35. The number of Topliss-reactive ketones (excluding diaryl/α,β-unsaturated/α-hetero) is 1. The van der Waals surface area contributed by atoms with E-state index in [1.807, 2.05) is 0 Å². The largest absolute Gasteiger partial charge is 0.465 e. The Bertz CT molecular complexity index is 500. The molecule has 18 heavy (non-hydrogen) atoms. The molecule has 0 saturated carbocycles. The molecule has 1 aromatic carbocycles. The highest BCUT2D eigenvalue weighted by atomic mass is 19.1. The van der Waals surface area contributed by atoms with Crippen LogP contribution in [0, 0.1) is 18.2 Å². The second-order valence-corrected chi connectivity index (χ2v) is 3.80. The fraction of sp³-hybridized carbons (Fsp3) is 0.286. The first-order valence-corrected chi connectivity index (χ1v) is 5.43. The van der Waals surface area contributed by atoms with E-state index in [0.29, 0.717) is 17.5 Å². The average molecular weight is 248 g/mol. The van der Waals surface area contributed by atoms with Crippen molar-refractivity contribution in [3.63, 3.8) is 0 Å². The lowest BCUT2D eigenvalue weighted by molar-refractivity contribution is -0.145. The molecule has 0 heterocycles. The standard InChI is InChI=1S/C14H13FO3/c1-3-11-4-5-13(15)9-12(11)6-7-18-14(17)8-10(2)16/h1,4-5,9H,6-8H2,2H3. The third-order valence-corrected chi connectivity index (χ3v) is 2.25. The second-order valence-electron chi connectivity index (χ2n) is 3.80. The lowest BCUT2D eigenvalue weighted by Gasteiger charge is -2.06. The molecule has 1 aromatic rings. The Balaban J connectivity index is 2.54. The van der Waals surface area contributed by atoms with Crippen LogP contribution in [0.25, 0.3) is 0 Å². The molecule has 1 rings (SSSR count). The van der Waals surface area contributed by atoms with E-state index in [1.165, 1.54) is 25.1 Å². The first kappa shape index (κ1) is 13.9. The van der Waals surface area contributed by atoms with E-state index in [2.05, 4.69) is 5.92 Å².